The van der Waals surface area contributed by atoms with Crippen LogP contribution in [0.15, 0.2) is 12.2 Å². The first-order valence-electron chi connectivity index (χ1n) is 3.47. The Bertz CT molecular complexity index is 164. The molecule has 1 fully saturated rings. The smallest absolute Gasteiger partial charge is 0.328 e. The van der Waals surface area contributed by atoms with Crippen molar-refractivity contribution >= 4 is 11.9 Å². The second-order valence-electron chi connectivity index (χ2n) is 2.11. The van der Waals surface area contributed by atoms with Crippen LogP contribution in [0.1, 0.15) is 6.42 Å². The molecule has 5 heteroatoms. The third kappa shape index (κ3) is 8.64. The zero-order valence-electron chi connectivity index (χ0n) is 6.49. The second-order valence-corrected chi connectivity index (χ2v) is 2.11. The second kappa shape index (κ2) is 6.36. The largest absolute Gasteiger partial charge is 0.478 e. The zero-order valence-corrected chi connectivity index (χ0v) is 6.49. The van der Waals surface area contributed by atoms with Gasteiger partial charge in [-0.1, -0.05) is 0 Å². The first kappa shape index (κ1) is 10.6. The fourth-order valence-electron chi connectivity index (χ4n) is 0.319. The van der Waals surface area contributed by atoms with E-state index < -0.39 is 11.9 Å². The number of nitrogens with one attached hydrogen (secondary N) is 1. The van der Waals surface area contributed by atoms with E-state index in [1.165, 1.54) is 19.5 Å². The third-order valence-electron chi connectivity index (χ3n) is 1.08. The van der Waals surface area contributed by atoms with E-state index in [2.05, 4.69) is 5.32 Å². The molecule has 0 aromatic rings. The van der Waals surface area contributed by atoms with Crippen molar-refractivity contribution in [2.75, 3.05) is 13.1 Å². The van der Waals surface area contributed by atoms with Crippen LogP contribution in [0.3, 0.4) is 0 Å². The van der Waals surface area contributed by atoms with Crippen molar-refractivity contribution in [3.8, 4) is 0 Å². The summed E-state index contributed by atoms with van der Waals surface area (Å²) in [5.41, 5.74) is 0. The van der Waals surface area contributed by atoms with E-state index >= 15 is 0 Å². The van der Waals surface area contributed by atoms with E-state index in [1.807, 2.05) is 0 Å². The number of rotatable bonds is 2. The minimum absolute atomic E-state index is 0.558. The Labute approximate surface area is 69.7 Å². The van der Waals surface area contributed by atoms with Gasteiger partial charge in [0.1, 0.15) is 0 Å². The van der Waals surface area contributed by atoms with E-state index in [0.29, 0.717) is 12.2 Å². The standard InChI is InChI=1S/C4H4O4.C3H7N/c5-3(6)1-2-4(7)8;1-2-4-3-1/h1-2H,(H,5,6)(H,7,8);4H,1-3H2/b2-1-;. The summed E-state index contributed by atoms with van der Waals surface area (Å²) in [4.78, 5) is 19.1. The summed E-state index contributed by atoms with van der Waals surface area (Å²) in [5.74, 6) is -2.51. The van der Waals surface area contributed by atoms with Crippen LogP contribution in [0.4, 0.5) is 0 Å². The molecule has 0 aliphatic carbocycles. The quantitative estimate of drug-likeness (QED) is 0.499. The topological polar surface area (TPSA) is 86.6 Å². The Morgan fingerprint density at radius 3 is 1.42 bits per heavy atom. The highest BCUT2D eigenvalue weighted by Crippen LogP contribution is 1.80. The van der Waals surface area contributed by atoms with Gasteiger partial charge in [0.15, 0.2) is 0 Å². The lowest BCUT2D eigenvalue weighted by Gasteiger charge is -2.09. The molecule has 0 aromatic carbocycles. The molecule has 0 spiro atoms. The molecule has 1 heterocycles. The van der Waals surface area contributed by atoms with Gasteiger partial charge in [-0.3, -0.25) is 0 Å². The van der Waals surface area contributed by atoms with E-state index in [4.69, 9.17) is 10.2 Å². The molecule has 0 unspecified atom stereocenters. The minimum atomic E-state index is -1.26. The third-order valence-corrected chi connectivity index (χ3v) is 1.08. The summed E-state index contributed by atoms with van der Waals surface area (Å²) < 4.78 is 0. The van der Waals surface area contributed by atoms with Crippen LogP contribution in [0.5, 0.6) is 0 Å². The number of aliphatic carboxylic acids is 2. The Hall–Kier alpha value is -1.36. The molecule has 12 heavy (non-hydrogen) atoms. The van der Waals surface area contributed by atoms with Gasteiger partial charge in [-0.15, -0.1) is 0 Å². The maximum atomic E-state index is 9.55. The lowest BCUT2D eigenvalue weighted by Crippen LogP contribution is -2.29. The average molecular weight is 173 g/mol. The summed E-state index contributed by atoms with van der Waals surface area (Å²) in [7, 11) is 0. The lowest BCUT2D eigenvalue weighted by atomic mass is 10.3. The summed E-state index contributed by atoms with van der Waals surface area (Å²) in [6.07, 6.45) is 2.50. The molecule has 1 rings (SSSR count). The molecule has 1 aliphatic heterocycles. The normalized spacial score (nSPS) is 14.3. The Kier molecular flexibility index (Phi) is 5.64. The predicted molar refractivity (Wildman–Crippen MR) is 41.9 cm³/mol. The van der Waals surface area contributed by atoms with Crippen LogP contribution in [-0.2, 0) is 9.59 Å². The van der Waals surface area contributed by atoms with Crippen molar-refractivity contribution in [2.24, 2.45) is 0 Å². The molecule has 5 nitrogen and oxygen atoms in total. The van der Waals surface area contributed by atoms with Crippen molar-refractivity contribution in [1.29, 1.82) is 0 Å². The van der Waals surface area contributed by atoms with E-state index in [0.717, 1.165) is 0 Å². The Morgan fingerprint density at radius 2 is 1.33 bits per heavy atom. The van der Waals surface area contributed by atoms with Gasteiger partial charge in [-0.25, -0.2) is 9.59 Å². The SMILES string of the molecule is C1CNC1.O=C(O)/C=C\C(=O)O. The molecule has 0 aromatic heterocycles. The van der Waals surface area contributed by atoms with Gasteiger partial charge < -0.3 is 15.5 Å². The fraction of sp³-hybridized carbons (Fsp3) is 0.429. The number of carbonyl (C=O) groups is 2. The molecular weight excluding hydrogens is 162 g/mol. The molecule has 0 atom stereocenters. The molecule has 68 valence electrons. The monoisotopic (exact) mass is 173 g/mol. The number of hydrogen-bond donors (Lipinski definition) is 3. The van der Waals surface area contributed by atoms with Crippen molar-refractivity contribution in [2.45, 2.75) is 6.42 Å². The van der Waals surface area contributed by atoms with Crippen molar-refractivity contribution in [1.82, 2.24) is 5.32 Å². The van der Waals surface area contributed by atoms with Crippen LogP contribution in [0.25, 0.3) is 0 Å². The van der Waals surface area contributed by atoms with Crippen molar-refractivity contribution in [3.63, 3.8) is 0 Å². The summed E-state index contributed by atoms with van der Waals surface area (Å²) >= 11 is 0. The van der Waals surface area contributed by atoms with Crippen LogP contribution in [-0.4, -0.2) is 35.2 Å². The summed E-state index contributed by atoms with van der Waals surface area (Å²) in [5, 5.41) is 18.7. The van der Waals surface area contributed by atoms with Gasteiger partial charge in [0, 0.05) is 12.2 Å². The number of carboxylic acid groups (broad SMARTS) is 2. The fourth-order valence-corrected chi connectivity index (χ4v) is 0.319. The van der Waals surface area contributed by atoms with Crippen molar-refractivity contribution in [3.05, 3.63) is 12.2 Å². The Balaban J connectivity index is 0.000000247. The minimum Gasteiger partial charge on any atom is -0.478 e. The summed E-state index contributed by atoms with van der Waals surface area (Å²) in [6.45, 7) is 2.50. The summed E-state index contributed by atoms with van der Waals surface area (Å²) in [6, 6.07) is 0. The van der Waals surface area contributed by atoms with Gasteiger partial charge in [0.05, 0.1) is 0 Å². The molecule has 0 bridgehead atoms. The van der Waals surface area contributed by atoms with Crippen LogP contribution >= 0.6 is 0 Å². The molecule has 0 amide bonds. The van der Waals surface area contributed by atoms with Crippen molar-refractivity contribution < 1.29 is 19.8 Å². The maximum Gasteiger partial charge on any atom is 0.328 e. The Morgan fingerprint density at radius 1 is 1.08 bits per heavy atom. The highest BCUT2D eigenvalue weighted by Gasteiger charge is 1.92. The zero-order chi connectivity index (χ0) is 9.40. The molecular formula is C7H11NO4. The van der Waals surface area contributed by atoms with Crippen LogP contribution in [0.2, 0.25) is 0 Å². The molecule has 3 N–H and O–H groups in total. The van der Waals surface area contributed by atoms with Crippen LogP contribution in [0, 0.1) is 0 Å². The first-order chi connectivity index (χ1) is 5.63. The molecule has 0 saturated carbocycles. The number of carboxylic acids is 2. The van der Waals surface area contributed by atoms with Gasteiger partial charge in [0.25, 0.3) is 0 Å². The highest BCUT2D eigenvalue weighted by atomic mass is 16.4. The molecule has 0 radical (unpaired) electrons. The first-order valence-corrected chi connectivity index (χ1v) is 3.47. The maximum absolute atomic E-state index is 9.55. The molecule has 1 saturated heterocycles. The highest BCUT2D eigenvalue weighted by molar-refractivity contribution is 5.89. The number of hydrogen-bond acceptors (Lipinski definition) is 3. The van der Waals surface area contributed by atoms with E-state index in [1.54, 1.807) is 0 Å². The molecule has 1 aliphatic rings. The average Bonchev–Trinajstić information content (AvgIpc) is 1.79. The van der Waals surface area contributed by atoms with Crippen LogP contribution < -0.4 is 5.32 Å². The van der Waals surface area contributed by atoms with Gasteiger partial charge >= 0.3 is 11.9 Å². The van der Waals surface area contributed by atoms with Gasteiger partial charge in [-0.2, -0.15) is 0 Å². The lowest BCUT2D eigenvalue weighted by molar-refractivity contribution is -0.134. The predicted octanol–water partition coefficient (Wildman–Crippen LogP) is -0.309. The van der Waals surface area contributed by atoms with Gasteiger partial charge in [0.2, 0.25) is 0 Å². The van der Waals surface area contributed by atoms with E-state index in [9.17, 15) is 9.59 Å². The van der Waals surface area contributed by atoms with Gasteiger partial charge in [-0.05, 0) is 19.5 Å². The van der Waals surface area contributed by atoms with E-state index in [-0.39, 0.29) is 0 Å².